The Hall–Kier alpha value is -2.07. The first-order chi connectivity index (χ1) is 9.65. The Kier molecular flexibility index (Phi) is 3.32. The molecule has 0 spiro atoms. The summed E-state index contributed by atoms with van der Waals surface area (Å²) in [6.45, 7) is 2.01. The van der Waals surface area contributed by atoms with Crippen LogP contribution in [-0.4, -0.2) is 4.98 Å². The van der Waals surface area contributed by atoms with Crippen LogP contribution in [0.25, 0.3) is 10.9 Å². The molecule has 100 valence electrons. The standard InChI is InChI=1S/C16H13BrN2O/c1-10-9-11(17)4-6-14(10)20-15-7-5-13(18)12-3-2-8-19-16(12)15/h2-9H,18H2,1H3. The van der Waals surface area contributed by atoms with Crippen molar-refractivity contribution in [2.45, 2.75) is 6.92 Å². The van der Waals surface area contributed by atoms with Crippen molar-refractivity contribution >= 4 is 32.5 Å². The Morgan fingerprint density at radius 2 is 1.90 bits per heavy atom. The summed E-state index contributed by atoms with van der Waals surface area (Å²) in [7, 11) is 0. The van der Waals surface area contributed by atoms with Gasteiger partial charge in [-0.3, -0.25) is 4.98 Å². The van der Waals surface area contributed by atoms with E-state index in [2.05, 4.69) is 20.9 Å². The van der Waals surface area contributed by atoms with Gasteiger partial charge < -0.3 is 10.5 Å². The number of aryl methyl sites for hydroxylation is 1. The van der Waals surface area contributed by atoms with E-state index >= 15 is 0 Å². The fourth-order valence-electron chi connectivity index (χ4n) is 2.10. The number of ether oxygens (including phenoxy) is 1. The lowest BCUT2D eigenvalue weighted by molar-refractivity contribution is 0.483. The molecule has 0 radical (unpaired) electrons. The third-order valence-corrected chi connectivity index (χ3v) is 3.62. The van der Waals surface area contributed by atoms with Gasteiger partial charge in [0.25, 0.3) is 0 Å². The minimum atomic E-state index is 0.702. The molecule has 0 aliphatic carbocycles. The van der Waals surface area contributed by atoms with Crippen LogP contribution in [0.4, 0.5) is 5.69 Å². The average molecular weight is 329 g/mol. The predicted molar refractivity (Wildman–Crippen MR) is 85.1 cm³/mol. The molecule has 0 unspecified atom stereocenters. The van der Waals surface area contributed by atoms with Crippen molar-refractivity contribution in [3.05, 3.63) is 58.7 Å². The normalized spacial score (nSPS) is 10.7. The highest BCUT2D eigenvalue weighted by atomic mass is 79.9. The molecule has 0 atom stereocenters. The third kappa shape index (κ3) is 2.34. The first kappa shape index (κ1) is 12.9. The highest BCUT2D eigenvalue weighted by Crippen LogP contribution is 2.33. The van der Waals surface area contributed by atoms with Crippen LogP contribution in [-0.2, 0) is 0 Å². The lowest BCUT2D eigenvalue weighted by atomic mass is 10.1. The van der Waals surface area contributed by atoms with Crippen molar-refractivity contribution in [3.8, 4) is 11.5 Å². The molecular formula is C16H13BrN2O. The van der Waals surface area contributed by atoms with E-state index in [9.17, 15) is 0 Å². The fourth-order valence-corrected chi connectivity index (χ4v) is 2.57. The van der Waals surface area contributed by atoms with Gasteiger partial charge in [-0.2, -0.15) is 0 Å². The summed E-state index contributed by atoms with van der Waals surface area (Å²) in [5.41, 5.74) is 8.50. The number of nitrogen functional groups attached to an aromatic ring is 1. The monoisotopic (exact) mass is 328 g/mol. The first-order valence-corrected chi connectivity index (χ1v) is 7.01. The molecule has 3 nitrogen and oxygen atoms in total. The molecule has 2 N–H and O–H groups in total. The molecule has 3 rings (SSSR count). The van der Waals surface area contributed by atoms with E-state index in [4.69, 9.17) is 10.5 Å². The highest BCUT2D eigenvalue weighted by molar-refractivity contribution is 9.10. The minimum absolute atomic E-state index is 0.702. The highest BCUT2D eigenvalue weighted by Gasteiger charge is 2.08. The van der Waals surface area contributed by atoms with Gasteiger partial charge in [-0.1, -0.05) is 15.9 Å². The molecule has 0 fully saturated rings. The number of pyridine rings is 1. The zero-order valence-corrected chi connectivity index (χ0v) is 12.5. The molecule has 0 bridgehead atoms. The summed E-state index contributed by atoms with van der Waals surface area (Å²) in [5.74, 6) is 1.52. The molecule has 3 aromatic rings. The maximum Gasteiger partial charge on any atom is 0.153 e. The summed E-state index contributed by atoms with van der Waals surface area (Å²) in [6, 6.07) is 13.4. The van der Waals surface area contributed by atoms with E-state index in [-0.39, 0.29) is 0 Å². The Morgan fingerprint density at radius 3 is 2.70 bits per heavy atom. The van der Waals surface area contributed by atoms with Gasteiger partial charge in [0.05, 0.1) is 0 Å². The number of rotatable bonds is 2. The largest absolute Gasteiger partial charge is 0.455 e. The fraction of sp³-hybridized carbons (Fsp3) is 0.0625. The molecule has 0 aliphatic rings. The van der Waals surface area contributed by atoms with Crippen molar-refractivity contribution in [2.24, 2.45) is 0 Å². The lowest BCUT2D eigenvalue weighted by Crippen LogP contribution is -1.93. The molecule has 20 heavy (non-hydrogen) atoms. The van der Waals surface area contributed by atoms with Crippen LogP contribution in [0.2, 0.25) is 0 Å². The smallest absolute Gasteiger partial charge is 0.153 e. The minimum Gasteiger partial charge on any atom is -0.455 e. The molecule has 0 aliphatic heterocycles. The quantitative estimate of drug-likeness (QED) is 0.695. The second kappa shape index (κ2) is 5.13. The molecule has 1 heterocycles. The SMILES string of the molecule is Cc1cc(Br)ccc1Oc1ccc(N)c2cccnc12. The zero-order chi connectivity index (χ0) is 14.1. The van der Waals surface area contributed by atoms with Crippen LogP contribution in [0.15, 0.2) is 53.1 Å². The van der Waals surface area contributed by atoms with Crippen molar-refractivity contribution < 1.29 is 4.74 Å². The maximum atomic E-state index is 5.99. The zero-order valence-electron chi connectivity index (χ0n) is 10.9. The van der Waals surface area contributed by atoms with Crippen molar-refractivity contribution in [1.29, 1.82) is 0 Å². The summed E-state index contributed by atoms with van der Waals surface area (Å²) in [6.07, 6.45) is 1.74. The van der Waals surface area contributed by atoms with Gasteiger partial charge in [-0.25, -0.2) is 0 Å². The van der Waals surface area contributed by atoms with Gasteiger partial charge in [0.15, 0.2) is 5.75 Å². The number of aromatic nitrogens is 1. The Balaban J connectivity index is 2.09. The topological polar surface area (TPSA) is 48.1 Å². The second-order valence-corrected chi connectivity index (χ2v) is 5.48. The van der Waals surface area contributed by atoms with Crippen LogP contribution in [0.1, 0.15) is 5.56 Å². The van der Waals surface area contributed by atoms with Gasteiger partial charge >= 0.3 is 0 Å². The number of nitrogens with zero attached hydrogens (tertiary/aromatic N) is 1. The van der Waals surface area contributed by atoms with Crippen molar-refractivity contribution in [3.63, 3.8) is 0 Å². The van der Waals surface area contributed by atoms with Crippen LogP contribution in [0.3, 0.4) is 0 Å². The lowest BCUT2D eigenvalue weighted by Gasteiger charge is -2.11. The summed E-state index contributed by atoms with van der Waals surface area (Å²) in [5, 5.41) is 0.903. The summed E-state index contributed by atoms with van der Waals surface area (Å²) in [4.78, 5) is 4.37. The molecule has 4 heteroatoms. The number of hydrogen-bond donors (Lipinski definition) is 1. The van der Waals surface area contributed by atoms with Crippen LogP contribution in [0, 0.1) is 6.92 Å². The predicted octanol–water partition coefficient (Wildman–Crippen LogP) is 4.68. The number of anilines is 1. The number of hydrogen-bond acceptors (Lipinski definition) is 3. The number of nitrogens with two attached hydrogens (primary N) is 1. The second-order valence-electron chi connectivity index (χ2n) is 4.56. The van der Waals surface area contributed by atoms with E-state index in [1.54, 1.807) is 6.20 Å². The van der Waals surface area contributed by atoms with Crippen molar-refractivity contribution in [2.75, 3.05) is 5.73 Å². The molecule has 1 aromatic heterocycles. The summed E-state index contributed by atoms with van der Waals surface area (Å²) < 4.78 is 7.02. The summed E-state index contributed by atoms with van der Waals surface area (Å²) >= 11 is 3.45. The Bertz CT molecular complexity index is 787. The van der Waals surface area contributed by atoms with Crippen LogP contribution in [0.5, 0.6) is 11.5 Å². The Labute approximate surface area is 125 Å². The van der Waals surface area contributed by atoms with Gasteiger partial charge in [0.1, 0.15) is 11.3 Å². The maximum absolute atomic E-state index is 5.99. The van der Waals surface area contributed by atoms with Crippen LogP contribution < -0.4 is 10.5 Å². The van der Waals surface area contributed by atoms with Gasteiger partial charge in [-0.05, 0) is 55.0 Å². The van der Waals surface area contributed by atoms with Crippen molar-refractivity contribution in [1.82, 2.24) is 4.98 Å². The van der Waals surface area contributed by atoms with Gasteiger partial charge in [-0.15, -0.1) is 0 Å². The molecule has 0 saturated heterocycles. The van der Waals surface area contributed by atoms with Crippen LogP contribution >= 0.6 is 15.9 Å². The molecular weight excluding hydrogens is 316 g/mol. The first-order valence-electron chi connectivity index (χ1n) is 6.22. The van der Waals surface area contributed by atoms with Gasteiger partial charge in [0, 0.05) is 21.7 Å². The average Bonchev–Trinajstić information content (AvgIpc) is 2.45. The van der Waals surface area contributed by atoms with E-state index in [0.717, 1.165) is 26.7 Å². The number of benzene rings is 2. The Morgan fingerprint density at radius 1 is 1.10 bits per heavy atom. The molecule has 0 saturated carbocycles. The number of halogens is 1. The van der Waals surface area contributed by atoms with E-state index in [1.165, 1.54) is 0 Å². The van der Waals surface area contributed by atoms with E-state index in [1.807, 2.05) is 49.4 Å². The molecule has 0 amide bonds. The van der Waals surface area contributed by atoms with E-state index in [0.29, 0.717) is 11.4 Å². The molecule has 2 aromatic carbocycles. The number of fused-ring (bicyclic) bond motifs is 1. The third-order valence-electron chi connectivity index (χ3n) is 3.12. The van der Waals surface area contributed by atoms with E-state index < -0.39 is 0 Å². The van der Waals surface area contributed by atoms with Gasteiger partial charge in [0.2, 0.25) is 0 Å².